The molecule has 0 saturated heterocycles. The Morgan fingerprint density at radius 1 is 0.929 bits per heavy atom. The van der Waals surface area contributed by atoms with E-state index in [-0.39, 0.29) is 90.4 Å². The fourth-order valence-corrected chi connectivity index (χ4v) is 0.0577. The maximum absolute atomic E-state index is 8.17. The van der Waals surface area contributed by atoms with Crippen LogP contribution in [-0.2, 0) is 0 Å². The minimum atomic E-state index is -4.61. The van der Waals surface area contributed by atoms with E-state index in [0.29, 0.717) is 0 Å². The predicted octanol–water partition coefficient (Wildman–Crippen LogP) is -5.78. The molecule has 0 aromatic carbocycles. The third-order valence-corrected chi connectivity index (χ3v) is 0.421. The molecule has 14 heavy (non-hydrogen) atoms. The molecule has 11 heteroatoms. The van der Waals surface area contributed by atoms with Crippen LogP contribution in [0.1, 0.15) is 0 Å². The summed E-state index contributed by atoms with van der Waals surface area (Å²) >= 11 is 0. The summed E-state index contributed by atoms with van der Waals surface area (Å²) in [6.07, 6.45) is -0.954. The van der Waals surface area contributed by atoms with Gasteiger partial charge in [-0.15, -0.1) is 0 Å². The molecular weight excluding hydrogens is 270 g/mol. The fourth-order valence-electron chi connectivity index (χ4n) is 0.0577. The molecule has 0 aromatic heterocycles. The average molecular weight is 288 g/mol. The molecule has 0 aliphatic carbocycles. The molecule has 0 saturated carbocycles. The monoisotopic (exact) mass is 288 g/mol. The number of rotatable bonds is 2. The van der Waals surface area contributed by atoms with Crippen LogP contribution in [0.25, 0.3) is 0 Å². The molecule has 0 rings (SSSR count). The van der Waals surface area contributed by atoms with Crippen LogP contribution in [0, 0.1) is 0 Å². The molecule has 0 radical (unpaired) electrons. The second-order valence-electron chi connectivity index (χ2n) is 1.62. The molecule has 0 amide bonds. The van der Waals surface area contributed by atoms with Gasteiger partial charge in [0.05, 0.1) is 13.2 Å². The molecule has 0 aromatic rings. The summed E-state index contributed by atoms with van der Waals surface area (Å²) in [7, 11) is -4.61. The van der Waals surface area contributed by atoms with Crippen molar-refractivity contribution >= 4 is 86.2 Å². The van der Waals surface area contributed by atoms with Crippen LogP contribution in [0.4, 0.5) is 0 Å². The van der Waals surface area contributed by atoms with Gasteiger partial charge in [-0.3, -0.25) is 0 Å². The van der Waals surface area contributed by atoms with Crippen molar-refractivity contribution in [2.45, 2.75) is 6.10 Å². The molecule has 84 valence electrons. The van der Waals surface area contributed by atoms with Crippen molar-refractivity contribution in [3.05, 3.63) is 0 Å². The van der Waals surface area contributed by atoms with Gasteiger partial charge >= 0.3 is 76.3 Å². The molecule has 0 aliphatic rings. The first-order valence-corrected chi connectivity index (χ1v) is 4.39. The molecule has 0 heterocycles. The molecular formula is C3H18CaNaO7PSi. The van der Waals surface area contributed by atoms with Crippen molar-refractivity contribution in [1.82, 2.24) is 0 Å². The zero-order valence-electron chi connectivity index (χ0n) is 6.33. The normalized spacial score (nSPS) is 8.57. The molecule has 0 spiro atoms. The van der Waals surface area contributed by atoms with Crippen LogP contribution in [-0.4, -0.2) is 130 Å². The first-order valence-electron chi connectivity index (χ1n) is 2.60. The van der Waals surface area contributed by atoms with Crippen LogP contribution in [0.15, 0.2) is 0 Å². The standard InChI is InChI=1S/C3H8O3.Ca.Na.H4O4Si.H3P.3H/c4-1-3(6)2-5;;;1-5(2,3)4;;;;/h3-6H,1-2H2;;;1-4H;1H3;;;. The Morgan fingerprint density at radius 3 is 1.07 bits per heavy atom. The van der Waals surface area contributed by atoms with Crippen molar-refractivity contribution in [3.63, 3.8) is 0 Å². The molecule has 1 unspecified atom stereocenters. The maximum atomic E-state index is 8.17. The topological polar surface area (TPSA) is 142 Å². The van der Waals surface area contributed by atoms with Gasteiger partial charge in [-0.1, -0.05) is 0 Å². The average Bonchev–Trinajstić information content (AvgIpc) is 1.83. The molecule has 0 aliphatic heterocycles. The van der Waals surface area contributed by atoms with E-state index in [1.807, 2.05) is 0 Å². The fraction of sp³-hybridized carbons (Fsp3) is 1.00. The van der Waals surface area contributed by atoms with E-state index >= 15 is 0 Å². The van der Waals surface area contributed by atoms with E-state index in [0.717, 1.165) is 0 Å². The van der Waals surface area contributed by atoms with E-state index in [2.05, 4.69) is 0 Å². The molecule has 0 bridgehead atoms. The first-order chi connectivity index (χ1) is 4.81. The second kappa shape index (κ2) is 18.0. The third-order valence-electron chi connectivity index (χ3n) is 0.421. The van der Waals surface area contributed by atoms with Gasteiger partial charge in [-0.2, -0.15) is 9.90 Å². The van der Waals surface area contributed by atoms with Crippen molar-refractivity contribution < 1.29 is 34.5 Å². The van der Waals surface area contributed by atoms with Crippen LogP contribution < -0.4 is 0 Å². The van der Waals surface area contributed by atoms with Gasteiger partial charge in [-0.25, -0.2) is 0 Å². The minimum absolute atomic E-state index is 0. The van der Waals surface area contributed by atoms with E-state index in [4.69, 9.17) is 34.5 Å². The number of aliphatic hydroxyl groups is 3. The Kier molecular flexibility index (Phi) is 38.6. The zero-order chi connectivity index (χ0) is 9.49. The number of hydrogen-bond acceptors (Lipinski definition) is 7. The summed E-state index contributed by atoms with van der Waals surface area (Å²) in [4.78, 5) is 29.3. The van der Waals surface area contributed by atoms with Gasteiger partial charge < -0.3 is 34.5 Å². The number of hydrogen-bond donors (Lipinski definition) is 7. The second-order valence-corrected chi connectivity index (χ2v) is 2.82. The Hall–Kier alpha value is 2.63. The van der Waals surface area contributed by atoms with E-state index in [1.54, 1.807) is 0 Å². The van der Waals surface area contributed by atoms with Crippen molar-refractivity contribution in [2.24, 2.45) is 0 Å². The van der Waals surface area contributed by atoms with Gasteiger partial charge in [0.2, 0.25) is 0 Å². The summed E-state index contributed by atoms with van der Waals surface area (Å²) in [5.74, 6) is 0. The SMILES string of the molecule is OCC(O)CO.O[Si](O)(O)O.P.[CaH2].[NaH]. The Morgan fingerprint density at radius 2 is 1.07 bits per heavy atom. The van der Waals surface area contributed by atoms with E-state index < -0.39 is 15.2 Å². The number of aliphatic hydroxyl groups excluding tert-OH is 3. The van der Waals surface area contributed by atoms with Crippen LogP contribution in [0.5, 0.6) is 0 Å². The molecule has 7 nitrogen and oxygen atoms in total. The summed E-state index contributed by atoms with van der Waals surface area (Å²) in [5.41, 5.74) is 0. The Bertz CT molecular complexity index is 85.5. The quantitative estimate of drug-likeness (QED) is 0.198. The van der Waals surface area contributed by atoms with Crippen molar-refractivity contribution in [3.8, 4) is 0 Å². The molecule has 7 N–H and O–H groups in total. The van der Waals surface area contributed by atoms with Gasteiger partial charge in [0.15, 0.2) is 0 Å². The predicted molar refractivity (Wildman–Crippen MR) is 61.6 cm³/mol. The van der Waals surface area contributed by atoms with Gasteiger partial charge in [0.1, 0.15) is 6.10 Å². The summed E-state index contributed by atoms with van der Waals surface area (Å²) < 4.78 is 0. The van der Waals surface area contributed by atoms with Crippen molar-refractivity contribution in [2.75, 3.05) is 13.2 Å². The van der Waals surface area contributed by atoms with Crippen LogP contribution in [0.2, 0.25) is 0 Å². The summed E-state index contributed by atoms with van der Waals surface area (Å²) in [6, 6.07) is 0. The Labute approximate surface area is 138 Å². The van der Waals surface area contributed by atoms with Crippen LogP contribution >= 0.6 is 9.90 Å². The van der Waals surface area contributed by atoms with Crippen molar-refractivity contribution in [1.29, 1.82) is 0 Å². The van der Waals surface area contributed by atoms with E-state index in [9.17, 15) is 0 Å². The Balaban J connectivity index is -0.0000000321. The van der Waals surface area contributed by atoms with Gasteiger partial charge in [0, 0.05) is 0 Å². The molecule has 1 atom stereocenters. The molecule has 0 fully saturated rings. The first kappa shape index (κ1) is 30.0. The van der Waals surface area contributed by atoms with E-state index in [1.165, 1.54) is 0 Å². The summed E-state index contributed by atoms with van der Waals surface area (Å²) in [5, 5.41) is 24.0. The van der Waals surface area contributed by atoms with Gasteiger partial charge in [-0.05, 0) is 0 Å². The third kappa shape index (κ3) is 61.8. The van der Waals surface area contributed by atoms with Gasteiger partial charge in [0.25, 0.3) is 0 Å². The van der Waals surface area contributed by atoms with Crippen LogP contribution in [0.3, 0.4) is 0 Å². The zero-order valence-corrected chi connectivity index (χ0v) is 8.74. The summed E-state index contributed by atoms with van der Waals surface area (Å²) in [6.45, 7) is -0.729.